The van der Waals surface area contributed by atoms with Gasteiger partial charge in [0.15, 0.2) is 0 Å². The van der Waals surface area contributed by atoms with Crippen LogP contribution < -0.4 is 0 Å². The first-order valence-electron chi connectivity index (χ1n) is 3.96. The van der Waals surface area contributed by atoms with Gasteiger partial charge in [-0.2, -0.15) is 0 Å². The van der Waals surface area contributed by atoms with E-state index in [0.29, 0.717) is 12.1 Å². The van der Waals surface area contributed by atoms with Gasteiger partial charge in [-0.3, -0.25) is 0 Å². The maximum atomic E-state index is 10.9. The Kier molecular flexibility index (Phi) is 4.15. The third-order valence-corrected chi connectivity index (χ3v) is 1.50. The lowest BCUT2D eigenvalue weighted by Gasteiger charge is -2.17. The first-order valence-corrected chi connectivity index (χ1v) is 3.96. The minimum Gasteiger partial charge on any atom is -0.456 e. The number of carbonyl (C=O) groups is 1. The van der Waals surface area contributed by atoms with E-state index < -0.39 is 5.97 Å². The van der Waals surface area contributed by atoms with Crippen LogP contribution in [0.3, 0.4) is 0 Å². The number of esters is 1. The molecule has 0 bridgehead atoms. The van der Waals surface area contributed by atoms with Crippen LogP contribution in [-0.4, -0.2) is 37.7 Å². The van der Waals surface area contributed by atoms with E-state index in [4.69, 9.17) is 10.00 Å². The minimum absolute atomic E-state index is 0.170. The van der Waals surface area contributed by atoms with Gasteiger partial charge in [0.05, 0.1) is 14.1 Å². The van der Waals surface area contributed by atoms with Crippen LogP contribution in [0.15, 0.2) is 12.2 Å². The Balaban J connectivity index is 3.77. The van der Waals surface area contributed by atoms with Crippen LogP contribution in [0.2, 0.25) is 0 Å². The molecule has 0 aliphatic heterocycles. The molecule has 72 valence electrons. The van der Waals surface area contributed by atoms with Gasteiger partial charge in [-0.15, -0.1) is 5.26 Å². The average molecular weight is 183 g/mol. The summed E-state index contributed by atoms with van der Waals surface area (Å²) in [6.45, 7) is 5.76. The molecule has 0 heterocycles. The van der Waals surface area contributed by atoms with Crippen LogP contribution in [0, 0.1) is 11.5 Å². The van der Waals surface area contributed by atoms with Crippen molar-refractivity contribution in [2.45, 2.75) is 6.92 Å². The van der Waals surface area contributed by atoms with E-state index in [1.54, 1.807) is 21.0 Å². The number of hydrogen-bond donors (Lipinski definition) is 0. The van der Waals surface area contributed by atoms with Crippen molar-refractivity contribution in [3.8, 4) is 6.19 Å². The van der Waals surface area contributed by atoms with Crippen LogP contribution in [0.4, 0.5) is 0 Å². The number of nitrogens with zero attached hydrogens (tertiary/aromatic N) is 2. The first kappa shape index (κ1) is 11.7. The molecule has 0 radical (unpaired) electrons. The second-order valence-electron chi connectivity index (χ2n) is 3.42. The van der Waals surface area contributed by atoms with E-state index >= 15 is 0 Å². The molecule has 0 amide bonds. The normalized spacial score (nSPS) is 10.3. The Hall–Kier alpha value is -1.34. The highest BCUT2D eigenvalue weighted by molar-refractivity contribution is 5.86. The standard InChI is InChI=1S/C9H15N2O2/c1-8(2)9(12)13-6-5-11(3,4)7-10/h1,5-6H2,2-4H3/q+1. The molecule has 0 aliphatic carbocycles. The second kappa shape index (κ2) is 4.63. The summed E-state index contributed by atoms with van der Waals surface area (Å²) in [6.07, 6.45) is 2.07. The fourth-order valence-electron chi connectivity index (χ4n) is 0.540. The van der Waals surface area contributed by atoms with Gasteiger partial charge in [0, 0.05) is 5.57 Å². The lowest BCUT2D eigenvalue weighted by atomic mass is 10.4. The number of hydrogen-bond acceptors (Lipinski definition) is 3. The highest BCUT2D eigenvalue weighted by Crippen LogP contribution is 1.96. The lowest BCUT2D eigenvalue weighted by molar-refractivity contribution is -0.824. The van der Waals surface area contributed by atoms with Gasteiger partial charge in [0.1, 0.15) is 13.2 Å². The van der Waals surface area contributed by atoms with Gasteiger partial charge >= 0.3 is 12.2 Å². The predicted molar refractivity (Wildman–Crippen MR) is 48.4 cm³/mol. The third kappa shape index (κ3) is 4.99. The Morgan fingerprint density at radius 2 is 2.15 bits per heavy atom. The largest absolute Gasteiger partial charge is 0.456 e. The summed E-state index contributed by atoms with van der Waals surface area (Å²) in [4.78, 5) is 10.9. The molecule has 0 atom stereocenters. The van der Waals surface area contributed by atoms with Gasteiger partial charge < -0.3 is 4.74 Å². The molecule has 0 saturated heterocycles. The molecule has 4 heteroatoms. The molecule has 0 fully saturated rings. The molecule has 13 heavy (non-hydrogen) atoms. The number of nitriles is 1. The van der Waals surface area contributed by atoms with Crippen LogP contribution in [-0.2, 0) is 9.53 Å². The molecule has 0 spiro atoms. The summed E-state index contributed by atoms with van der Waals surface area (Å²) in [5.74, 6) is -0.405. The SMILES string of the molecule is C=C(C)C(=O)OCC[N+](C)(C)C#N. The summed E-state index contributed by atoms with van der Waals surface area (Å²) in [6, 6.07) is 0. The van der Waals surface area contributed by atoms with E-state index in [0.717, 1.165) is 0 Å². The Morgan fingerprint density at radius 3 is 2.54 bits per heavy atom. The number of rotatable bonds is 4. The van der Waals surface area contributed by atoms with E-state index in [9.17, 15) is 4.79 Å². The quantitative estimate of drug-likeness (QED) is 0.278. The monoisotopic (exact) mass is 183 g/mol. The Morgan fingerprint density at radius 1 is 1.62 bits per heavy atom. The van der Waals surface area contributed by atoms with Crippen molar-refractivity contribution in [3.63, 3.8) is 0 Å². The highest BCUT2D eigenvalue weighted by atomic mass is 16.5. The molecule has 0 unspecified atom stereocenters. The van der Waals surface area contributed by atoms with E-state index in [1.807, 2.05) is 0 Å². The van der Waals surface area contributed by atoms with E-state index in [2.05, 4.69) is 12.8 Å². The van der Waals surface area contributed by atoms with Crippen molar-refractivity contribution in [2.75, 3.05) is 27.2 Å². The summed E-state index contributed by atoms with van der Waals surface area (Å²) in [5.41, 5.74) is 0.377. The maximum absolute atomic E-state index is 10.9. The molecule has 0 rings (SSSR count). The van der Waals surface area contributed by atoms with Gasteiger partial charge in [0.2, 0.25) is 0 Å². The van der Waals surface area contributed by atoms with Crippen molar-refractivity contribution >= 4 is 5.97 Å². The van der Waals surface area contributed by atoms with Crippen LogP contribution in [0.5, 0.6) is 0 Å². The van der Waals surface area contributed by atoms with Crippen molar-refractivity contribution < 1.29 is 14.0 Å². The number of carbonyl (C=O) groups excluding carboxylic acids is 1. The van der Waals surface area contributed by atoms with Crippen molar-refractivity contribution in [2.24, 2.45) is 0 Å². The number of ether oxygens (including phenoxy) is 1. The summed E-state index contributed by atoms with van der Waals surface area (Å²) < 4.78 is 5.01. The zero-order chi connectivity index (χ0) is 10.5. The molecule has 0 saturated carbocycles. The first-order chi connectivity index (χ1) is 5.89. The van der Waals surface area contributed by atoms with Crippen LogP contribution in [0.1, 0.15) is 6.92 Å². The number of quaternary nitrogens is 1. The van der Waals surface area contributed by atoms with Crippen LogP contribution >= 0.6 is 0 Å². The molecule has 4 nitrogen and oxygen atoms in total. The number of likely N-dealkylation sites (N-methyl/N-ethyl adjacent to an activating group) is 1. The average Bonchev–Trinajstić information content (AvgIpc) is 2.04. The molecule has 0 aliphatic rings. The third-order valence-electron chi connectivity index (χ3n) is 1.50. The van der Waals surface area contributed by atoms with Gasteiger partial charge in [-0.25, -0.2) is 9.28 Å². The fraction of sp³-hybridized carbons (Fsp3) is 0.556. The van der Waals surface area contributed by atoms with Gasteiger partial charge in [-0.05, 0) is 6.92 Å². The molecular formula is C9H15N2O2+. The van der Waals surface area contributed by atoms with Gasteiger partial charge in [0.25, 0.3) is 0 Å². The molecule has 0 N–H and O–H groups in total. The molecule has 0 aromatic heterocycles. The Bertz CT molecular complexity index is 251. The minimum atomic E-state index is -0.405. The molecular weight excluding hydrogens is 168 g/mol. The van der Waals surface area contributed by atoms with E-state index in [1.165, 1.54) is 0 Å². The maximum Gasteiger partial charge on any atom is 0.333 e. The summed E-state index contributed by atoms with van der Waals surface area (Å²) in [5, 5.41) is 8.63. The van der Waals surface area contributed by atoms with E-state index in [-0.39, 0.29) is 11.1 Å². The van der Waals surface area contributed by atoms with Crippen molar-refractivity contribution in [1.82, 2.24) is 0 Å². The Labute approximate surface area is 78.6 Å². The van der Waals surface area contributed by atoms with Crippen molar-refractivity contribution in [1.29, 1.82) is 5.26 Å². The summed E-state index contributed by atoms with van der Waals surface area (Å²) >= 11 is 0. The topological polar surface area (TPSA) is 50.1 Å². The zero-order valence-electron chi connectivity index (χ0n) is 8.33. The predicted octanol–water partition coefficient (Wildman–Crippen LogP) is 0.663. The molecule has 0 aromatic carbocycles. The second-order valence-corrected chi connectivity index (χ2v) is 3.42. The highest BCUT2D eigenvalue weighted by Gasteiger charge is 2.14. The zero-order valence-corrected chi connectivity index (χ0v) is 8.33. The van der Waals surface area contributed by atoms with Gasteiger partial charge in [-0.1, -0.05) is 6.58 Å². The lowest BCUT2D eigenvalue weighted by Crippen LogP contribution is -2.37. The van der Waals surface area contributed by atoms with Crippen molar-refractivity contribution in [3.05, 3.63) is 12.2 Å². The van der Waals surface area contributed by atoms with Crippen LogP contribution in [0.25, 0.3) is 0 Å². The summed E-state index contributed by atoms with van der Waals surface area (Å²) in [7, 11) is 3.49. The fourth-order valence-corrected chi connectivity index (χ4v) is 0.540. The smallest absolute Gasteiger partial charge is 0.333 e. The molecule has 0 aromatic rings.